The van der Waals surface area contributed by atoms with Crippen LogP contribution in [0.2, 0.25) is 0 Å². The van der Waals surface area contributed by atoms with Crippen molar-refractivity contribution < 1.29 is 18.9 Å². The van der Waals surface area contributed by atoms with E-state index in [1.54, 1.807) is 32.9 Å². The molecule has 0 aliphatic rings. The van der Waals surface area contributed by atoms with Crippen molar-refractivity contribution in [1.29, 1.82) is 0 Å². The second kappa shape index (κ2) is 7.40. The number of nitro groups is 1. The summed E-state index contributed by atoms with van der Waals surface area (Å²) in [6, 6.07) is 6.31. The number of nitrogens with one attached hydrogen (secondary N) is 1. The molecule has 0 saturated carbocycles. The standard InChI is InChI=1S/C16H17N3O5/c1-10-6-13(19(21)22)7-11(2)16(10)23-9-15(20)18-17-8-14-5-4-12(3)24-14/h4-8H,9H2,1-3H3,(H,18,20)/b17-8+. The predicted molar refractivity (Wildman–Crippen MR) is 87.2 cm³/mol. The number of carbonyl (C=O) groups excluding carboxylic acids is 1. The number of amides is 1. The lowest BCUT2D eigenvalue weighted by Crippen LogP contribution is -2.25. The van der Waals surface area contributed by atoms with Crippen molar-refractivity contribution in [2.24, 2.45) is 5.10 Å². The third-order valence-electron chi connectivity index (χ3n) is 3.15. The van der Waals surface area contributed by atoms with Crippen molar-refractivity contribution in [3.8, 4) is 5.75 Å². The molecular weight excluding hydrogens is 314 g/mol. The monoisotopic (exact) mass is 331 g/mol. The van der Waals surface area contributed by atoms with Crippen molar-refractivity contribution in [2.75, 3.05) is 6.61 Å². The molecule has 0 spiro atoms. The van der Waals surface area contributed by atoms with E-state index in [-0.39, 0.29) is 12.3 Å². The number of nitrogens with zero attached hydrogens (tertiary/aromatic N) is 2. The largest absolute Gasteiger partial charge is 0.483 e. The number of furan rings is 1. The van der Waals surface area contributed by atoms with Crippen molar-refractivity contribution in [3.63, 3.8) is 0 Å². The molecule has 24 heavy (non-hydrogen) atoms. The van der Waals surface area contributed by atoms with Crippen LogP contribution in [-0.2, 0) is 4.79 Å². The quantitative estimate of drug-likeness (QED) is 0.497. The fraction of sp³-hybridized carbons (Fsp3) is 0.250. The van der Waals surface area contributed by atoms with Gasteiger partial charge >= 0.3 is 0 Å². The van der Waals surface area contributed by atoms with Crippen LogP contribution in [0, 0.1) is 30.9 Å². The molecule has 0 saturated heterocycles. The summed E-state index contributed by atoms with van der Waals surface area (Å²) in [7, 11) is 0. The second-order valence-corrected chi connectivity index (χ2v) is 5.20. The van der Waals surface area contributed by atoms with E-state index in [4.69, 9.17) is 9.15 Å². The summed E-state index contributed by atoms with van der Waals surface area (Å²) in [4.78, 5) is 22.0. The van der Waals surface area contributed by atoms with E-state index in [1.165, 1.54) is 18.3 Å². The lowest BCUT2D eigenvalue weighted by atomic mass is 10.1. The first kappa shape index (κ1) is 17.2. The maximum absolute atomic E-state index is 11.7. The molecule has 8 heteroatoms. The average molecular weight is 331 g/mol. The molecule has 0 aliphatic carbocycles. The first-order chi connectivity index (χ1) is 11.4. The van der Waals surface area contributed by atoms with Gasteiger partial charge in [0.1, 0.15) is 17.3 Å². The van der Waals surface area contributed by atoms with Gasteiger partial charge in [-0.15, -0.1) is 0 Å². The maximum atomic E-state index is 11.7. The minimum Gasteiger partial charge on any atom is -0.483 e. The van der Waals surface area contributed by atoms with Gasteiger partial charge in [0, 0.05) is 12.1 Å². The summed E-state index contributed by atoms with van der Waals surface area (Å²) in [5, 5.41) is 14.6. The number of rotatable bonds is 6. The van der Waals surface area contributed by atoms with Crippen LogP contribution in [0.3, 0.4) is 0 Å². The van der Waals surface area contributed by atoms with Gasteiger partial charge in [-0.25, -0.2) is 5.43 Å². The third-order valence-corrected chi connectivity index (χ3v) is 3.15. The third kappa shape index (κ3) is 4.42. The molecule has 0 radical (unpaired) electrons. The van der Waals surface area contributed by atoms with Crippen molar-refractivity contribution >= 4 is 17.8 Å². The van der Waals surface area contributed by atoms with E-state index in [0.717, 1.165) is 5.76 Å². The van der Waals surface area contributed by atoms with Gasteiger partial charge in [-0.2, -0.15) is 5.10 Å². The number of hydrogen-bond acceptors (Lipinski definition) is 6. The molecular formula is C16H17N3O5. The van der Waals surface area contributed by atoms with Gasteiger partial charge in [-0.1, -0.05) is 0 Å². The molecule has 0 unspecified atom stereocenters. The van der Waals surface area contributed by atoms with Crippen LogP contribution < -0.4 is 10.2 Å². The van der Waals surface area contributed by atoms with Crippen molar-refractivity contribution in [1.82, 2.24) is 5.43 Å². The highest BCUT2D eigenvalue weighted by atomic mass is 16.6. The fourth-order valence-electron chi connectivity index (χ4n) is 2.12. The van der Waals surface area contributed by atoms with Gasteiger partial charge in [0.25, 0.3) is 11.6 Å². The molecule has 2 rings (SSSR count). The van der Waals surface area contributed by atoms with E-state index in [9.17, 15) is 14.9 Å². The smallest absolute Gasteiger partial charge is 0.277 e. The van der Waals surface area contributed by atoms with E-state index < -0.39 is 10.8 Å². The zero-order valence-corrected chi connectivity index (χ0v) is 13.5. The molecule has 1 aromatic heterocycles. The van der Waals surface area contributed by atoms with E-state index in [0.29, 0.717) is 22.6 Å². The zero-order chi connectivity index (χ0) is 17.7. The fourth-order valence-corrected chi connectivity index (χ4v) is 2.12. The lowest BCUT2D eigenvalue weighted by molar-refractivity contribution is -0.385. The first-order valence-electron chi connectivity index (χ1n) is 7.13. The van der Waals surface area contributed by atoms with Gasteiger partial charge in [0.15, 0.2) is 6.61 Å². The summed E-state index contributed by atoms with van der Waals surface area (Å²) < 4.78 is 10.7. The predicted octanol–water partition coefficient (Wildman–Crippen LogP) is 2.64. The van der Waals surface area contributed by atoms with Crippen LogP contribution >= 0.6 is 0 Å². The van der Waals surface area contributed by atoms with Crippen LogP contribution in [-0.4, -0.2) is 23.7 Å². The second-order valence-electron chi connectivity index (χ2n) is 5.20. The van der Waals surface area contributed by atoms with Crippen molar-refractivity contribution in [2.45, 2.75) is 20.8 Å². The lowest BCUT2D eigenvalue weighted by Gasteiger charge is -2.11. The minimum absolute atomic E-state index is 0.0138. The van der Waals surface area contributed by atoms with Crippen molar-refractivity contribution in [3.05, 3.63) is 57.0 Å². The summed E-state index contributed by atoms with van der Waals surface area (Å²) in [6.45, 7) is 4.92. The summed E-state index contributed by atoms with van der Waals surface area (Å²) in [6.07, 6.45) is 1.38. The number of aryl methyl sites for hydroxylation is 3. The molecule has 0 fully saturated rings. The van der Waals surface area contributed by atoms with Crippen LogP contribution in [0.1, 0.15) is 22.6 Å². The highest BCUT2D eigenvalue weighted by Crippen LogP contribution is 2.28. The minimum atomic E-state index is -0.471. The molecule has 0 atom stereocenters. The number of nitro benzene ring substituents is 1. The van der Waals surface area contributed by atoms with Gasteiger partial charge < -0.3 is 9.15 Å². The Morgan fingerprint density at radius 3 is 2.54 bits per heavy atom. The van der Waals surface area contributed by atoms with Gasteiger partial charge in [0.05, 0.1) is 11.1 Å². The van der Waals surface area contributed by atoms with Gasteiger partial charge in [-0.05, 0) is 44.0 Å². The van der Waals surface area contributed by atoms with E-state index in [1.807, 2.05) is 0 Å². The Morgan fingerprint density at radius 1 is 1.33 bits per heavy atom. The molecule has 0 aliphatic heterocycles. The van der Waals surface area contributed by atoms with Crippen LogP contribution in [0.15, 0.2) is 33.8 Å². The van der Waals surface area contributed by atoms with Crippen LogP contribution in [0.5, 0.6) is 5.75 Å². The highest BCUT2D eigenvalue weighted by molar-refractivity contribution is 5.81. The van der Waals surface area contributed by atoms with Crippen LogP contribution in [0.4, 0.5) is 5.69 Å². The number of hydrazone groups is 1. The number of ether oxygens (including phenoxy) is 1. The SMILES string of the molecule is Cc1ccc(/C=N/NC(=O)COc2c(C)cc([N+](=O)[O-])cc2C)o1. The molecule has 1 aromatic carbocycles. The maximum Gasteiger partial charge on any atom is 0.277 e. The Morgan fingerprint density at radius 2 is 2.00 bits per heavy atom. The zero-order valence-electron chi connectivity index (χ0n) is 13.5. The molecule has 2 aromatic rings. The Labute approximate surface area is 138 Å². The number of benzene rings is 1. The summed E-state index contributed by atoms with van der Waals surface area (Å²) >= 11 is 0. The Kier molecular flexibility index (Phi) is 5.31. The van der Waals surface area contributed by atoms with Crippen LogP contribution in [0.25, 0.3) is 0 Å². The average Bonchev–Trinajstić information content (AvgIpc) is 2.91. The summed E-state index contributed by atoms with van der Waals surface area (Å²) in [5.74, 6) is 1.26. The molecule has 0 bridgehead atoms. The number of hydrogen-bond donors (Lipinski definition) is 1. The van der Waals surface area contributed by atoms with Gasteiger partial charge in [0.2, 0.25) is 0 Å². The molecule has 1 heterocycles. The molecule has 126 valence electrons. The Bertz CT molecular complexity index is 772. The Hall–Kier alpha value is -3.16. The number of carbonyl (C=O) groups is 1. The van der Waals surface area contributed by atoms with E-state index in [2.05, 4.69) is 10.5 Å². The Balaban J connectivity index is 1.92. The normalized spacial score (nSPS) is 10.8. The topological polar surface area (TPSA) is 107 Å². The first-order valence-corrected chi connectivity index (χ1v) is 7.13. The number of non-ortho nitro benzene ring substituents is 1. The summed E-state index contributed by atoms with van der Waals surface area (Å²) in [5.41, 5.74) is 3.48. The van der Waals surface area contributed by atoms with Gasteiger partial charge in [-0.3, -0.25) is 14.9 Å². The molecule has 1 amide bonds. The highest BCUT2D eigenvalue weighted by Gasteiger charge is 2.14. The molecule has 1 N–H and O–H groups in total. The van der Waals surface area contributed by atoms with E-state index >= 15 is 0 Å². The molecule has 8 nitrogen and oxygen atoms in total.